The van der Waals surface area contributed by atoms with Crippen LogP contribution in [0.4, 0.5) is 10.5 Å². The molecule has 3 atom stereocenters. The molecule has 32 heavy (non-hydrogen) atoms. The van der Waals surface area contributed by atoms with E-state index in [-0.39, 0.29) is 12.1 Å². The summed E-state index contributed by atoms with van der Waals surface area (Å²) in [5.41, 5.74) is 11.9. The molecule has 6 nitrogen and oxygen atoms in total. The van der Waals surface area contributed by atoms with Gasteiger partial charge in [-0.05, 0) is 75.2 Å². The Morgan fingerprint density at radius 3 is 2.62 bits per heavy atom. The van der Waals surface area contributed by atoms with Crippen molar-refractivity contribution < 1.29 is 4.79 Å². The number of carbonyl (C=O) groups is 1. The summed E-state index contributed by atoms with van der Waals surface area (Å²) in [6.45, 7) is 6.41. The van der Waals surface area contributed by atoms with E-state index in [1.54, 1.807) is 0 Å². The van der Waals surface area contributed by atoms with Gasteiger partial charge in [0.1, 0.15) is 0 Å². The van der Waals surface area contributed by atoms with Gasteiger partial charge >= 0.3 is 6.03 Å². The van der Waals surface area contributed by atoms with Gasteiger partial charge in [0.2, 0.25) is 0 Å². The molecule has 1 saturated heterocycles. The van der Waals surface area contributed by atoms with Crippen LogP contribution in [0.25, 0.3) is 16.6 Å². The first kappa shape index (κ1) is 20.9. The number of urea groups is 1. The average molecular weight is 432 g/mol. The zero-order valence-electron chi connectivity index (χ0n) is 19.2. The van der Waals surface area contributed by atoms with E-state index in [0.717, 1.165) is 43.9 Å². The van der Waals surface area contributed by atoms with Crippen molar-refractivity contribution >= 4 is 22.6 Å². The summed E-state index contributed by atoms with van der Waals surface area (Å²) in [5, 5.41) is 4.69. The minimum absolute atomic E-state index is 0.0519. The van der Waals surface area contributed by atoms with Crippen LogP contribution < -0.4 is 11.1 Å². The summed E-state index contributed by atoms with van der Waals surface area (Å²) >= 11 is 0. The standard InChI is InChI=1S/C26H33N5O/c1-4-30(5-2)26(32)28-19-14-22-21-7-6-8-23-25(21)17(13-24(22)29(3)16-19)15-31(23)20-11-9-18(27)10-12-20/h6-12,15,19,22,24H,4-5,13-14,16,27H2,1-3H3,(H,28,32)/t19-,22+,24+/m0/s1. The summed E-state index contributed by atoms with van der Waals surface area (Å²) in [6.07, 6.45) is 4.32. The third kappa shape index (κ3) is 3.43. The highest BCUT2D eigenvalue weighted by molar-refractivity contribution is 5.90. The Morgan fingerprint density at radius 2 is 1.91 bits per heavy atom. The molecular weight excluding hydrogens is 398 g/mol. The molecule has 1 aliphatic carbocycles. The van der Waals surface area contributed by atoms with E-state index in [4.69, 9.17) is 5.73 Å². The minimum atomic E-state index is 0.0519. The molecule has 2 heterocycles. The second kappa shape index (κ2) is 8.17. The fraction of sp³-hybridized carbons (Fsp3) is 0.423. The van der Waals surface area contributed by atoms with Gasteiger partial charge < -0.3 is 25.4 Å². The maximum absolute atomic E-state index is 12.7. The van der Waals surface area contributed by atoms with Crippen molar-refractivity contribution in [1.29, 1.82) is 0 Å². The van der Waals surface area contributed by atoms with Gasteiger partial charge in [-0.3, -0.25) is 0 Å². The molecule has 2 aromatic carbocycles. The molecule has 6 heteroatoms. The Labute approximate surface area is 190 Å². The number of amides is 2. The topological polar surface area (TPSA) is 66.5 Å². The van der Waals surface area contributed by atoms with Crippen LogP contribution in [0.1, 0.15) is 37.3 Å². The van der Waals surface area contributed by atoms with Gasteiger partial charge in [0.05, 0.1) is 5.52 Å². The highest BCUT2D eigenvalue weighted by Crippen LogP contribution is 2.44. The number of rotatable bonds is 4. The maximum Gasteiger partial charge on any atom is 0.317 e. The van der Waals surface area contributed by atoms with E-state index in [2.05, 4.69) is 58.4 Å². The van der Waals surface area contributed by atoms with Gasteiger partial charge in [-0.25, -0.2) is 4.79 Å². The molecular formula is C26H33N5O. The van der Waals surface area contributed by atoms with Crippen molar-refractivity contribution in [2.45, 2.75) is 44.7 Å². The number of carbonyl (C=O) groups excluding carboxylic acids is 1. The number of hydrogen-bond donors (Lipinski definition) is 2. The van der Waals surface area contributed by atoms with E-state index in [1.165, 1.54) is 22.0 Å². The molecule has 0 saturated carbocycles. The molecule has 1 fully saturated rings. The fourth-order valence-corrected chi connectivity index (χ4v) is 5.78. The molecule has 0 spiro atoms. The average Bonchev–Trinajstić information content (AvgIpc) is 3.16. The first-order valence-electron chi connectivity index (χ1n) is 11.7. The maximum atomic E-state index is 12.7. The quantitative estimate of drug-likeness (QED) is 0.614. The number of nitrogens with one attached hydrogen (secondary N) is 1. The number of nitrogens with zero attached hydrogens (tertiary/aromatic N) is 3. The Bertz CT molecular complexity index is 1130. The number of fused-ring (bicyclic) bond motifs is 2. The minimum Gasteiger partial charge on any atom is -0.399 e. The molecule has 5 rings (SSSR count). The molecule has 0 unspecified atom stereocenters. The number of nitrogens with two attached hydrogens (primary N) is 1. The predicted molar refractivity (Wildman–Crippen MR) is 130 cm³/mol. The number of nitrogen functional groups attached to an aromatic ring is 1. The van der Waals surface area contributed by atoms with E-state index < -0.39 is 0 Å². The van der Waals surface area contributed by atoms with Gasteiger partial charge in [0.15, 0.2) is 0 Å². The highest BCUT2D eigenvalue weighted by atomic mass is 16.2. The molecule has 168 valence electrons. The second-order valence-corrected chi connectivity index (χ2v) is 9.23. The van der Waals surface area contributed by atoms with Gasteiger partial charge in [-0.1, -0.05) is 12.1 Å². The number of piperidine rings is 1. The van der Waals surface area contributed by atoms with E-state index in [1.807, 2.05) is 30.9 Å². The highest BCUT2D eigenvalue weighted by Gasteiger charge is 2.40. The third-order valence-electron chi connectivity index (χ3n) is 7.40. The third-order valence-corrected chi connectivity index (χ3v) is 7.40. The Balaban J connectivity index is 1.49. The Morgan fingerprint density at radius 1 is 1.16 bits per heavy atom. The van der Waals surface area contributed by atoms with Gasteiger partial charge in [0.25, 0.3) is 0 Å². The van der Waals surface area contributed by atoms with E-state index in [0.29, 0.717) is 12.0 Å². The van der Waals surface area contributed by atoms with Crippen LogP contribution in [0.15, 0.2) is 48.7 Å². The van der Waals surface area contributed by atoms with Crippen LogP contribution in [-0.2, 0) is 6.42 Å². The number of aromatic nitrogens is 1. The largest absolute Gasteiger partial charge is 0.399 e. The Hall–Kier alpha value is -2.99. The first-order valence-corrected chi connectivity index (χ1v) is 11.7. The normalized spacial score (nSPS) is 22.5. The second-order valence-electron chi connectivity index (χ2n) is 9.23. The fourth-order valence-electron chi connectivity index (χ4n) is 5.78. The number of likely N-dealkylation sites (tertiary alicyclic amines) is 1. The molecule has 0 radical (unpaired) electrons. The van der Waals surface area contributed by atoms with Crippen LogP contribution in [0.3, 0.4) is 0 Å². The van der Waals surface area contributed by atoms with Crippen molar-refractivity contribution in [3.63, 3.8) is 0 Å². The zero-order valence-corrected chi connectivity index (χ0v) is 19.2. The van der Waals surface area contributed by atoms with Crippen molar-refractivity contribution in [2.24, 2.45) is 0 Å². The number of benzene rings is 2. The summed E-state index contributed by atoms with van der Waals surface area (Å²) in [4.78, 5) is 17.0. The van der Waals surface area contributed by atoms with Crippen LogP contribution in [0.2, 0.25) is 0 Å². The molecule has 2 aliphatic rings. The van der Waals surface area contributed by atoms with E-state index >= 15 is 0 Å². The lowest BCUT2D eigenvalue weighted by Gasteiger charge is -2.45. The zero-order chi connectivity index (χ0) is 22.4. The molecule has 2 amide bonds. The smallest absolute Gasteiger partial charge is 0.317 e. The lowest BCUT2D eigenvalue weighted by atomic mass is 9.74. The molecule has 3 N–H and O–H groups in total. The van der Waals surface area contributed by atoms with Crippen molar-refractivity contribution in [3.05, 3.63) is 59.8 Å². The van der Waals surface area contributed by atoms with Gasteiger partial charge in [0, 0.05) is 60.6 Å². The first-order chi connectivity index (χ1) is 15.5. The van der Waals surface area contributed by atoms with Crippen LogP contribution in [-0.4, -0.2) is 59.2 Å². The monoisotopic (exact) mass is 431 g/mol. The molecule has 0 bridgehead atoms. The molecule has 1 aromatic heterocycles. The summed E-state index contributed by atoms with van der Waals surface area (Å²) in [7, 11) is 2.20. The van der Waals surface area contributed by atoms with Crippen molar-refractivity contribution in [3.8, 4) is 5.69 Å². The molecule has 1 aliphatic heterocycles. The van der Waals surface area contributed by atoms with E-state index in [9.17, 15) is 4.79 Å². The van der Waals surface area contributed by atoms with Gasteiger partial charge in [-0.2, -0.15) is 0 Å². The SMILES string of the molecule is CCN(CC)C(=O)N[C@H]1C[C@@H]2c3cccc4c3c(cn4-c3ccc(N)cc3)C[C@H]2N(C)C1. The predicted octanol–water partition coefficient (Wildman–Crippen LogP) is 3.98. The van der Waals surface area contributed by atoms with Crippen LogP contribution in [0, 0.1) is 0 Å². The summed E-state index contributed by atoms with van der Waals surface area (Å²) < 4.78 is 2.30. The molecule has 3 aromatic rings. The summed E-state index contributed by atoms with van der Waals surface area (Å²) in [5.74, 6) is 0.411. The van der Waals surface area contributed by atoms with Crippen molar-refractivity contribution in [2.75, 3.05) is 32.4 Å². The lowest BCUT2D eigenvalue weighted by Crippen LogP contribution is -2.56. The van der Waals surface area contributed by atoms with Crippen LogP contribution >= 0.6 is 0 Å². The Kier molecular flexibility index (Phi) is 5.33. The number of likely N-dealkylation sites (N-methyl/N-ethyl adjacent to an activating group) is 1. The van der Waals surface area contributed by atoms with Crippen LogP contribution in [0.5, 0.6) is 0 Å². The van der Waals surface area contributed by atoms with Gasteiger partial charge in [-0.15, -0.1) is 0 Å². The van der Waals surface area contributed by atoms with Crippen molar-refractivity contribution in [1.82, 2.24) is 19.7 Å². The number of anilines is 1. The lowest BCUT2D eigenvalue weighted by molar-refractivity contribution is 0.124. The summed E-state index contributed by atoms with van der Waals surface area (Å²) in [6, 6.07) is 15.4. The number of hydrogen-bond acceptors (Lipinski definition) is 3.